The van der Waals surface area contributed by atoms with Crippen molar-refractivity contribution < 1.29 is 0 Å². The average Bonchev–Trinajstić information content (AvgIpc) is 2.44. The summed E-state index contributed by atoms with van der Waals surface area (Å²) in [6.07, 6.45) is 0. The highest BCUT2D eigenvalue weighted by molar-refractivity contribution is 7.99. The molecule has 1 N–H and O–H groups in total. The Hall–Kier alpha value is -0.960. The van der Waals surface area contributed by atoms with Crippen LogP contribution in [0.15, 0.2) is 52.3 Å². The Morgan fingerprint density at radius 2 is 1.81 bits per heavy atom. The number of nitrogens with one attached hydrogen (secondary N) is 1. The van der Waals surface area contributed by atoms with Crippen LogP contribution in [-0.2, 0) is 6.54 Å². The van der Waals surface area contributed by atoms with Crippen molar-refractivity contribution in [2.24, 2.45) is 5.92 Å². The van der Waals surface area contributed by atoms with Crippen molar-refractivity contribution in [1.29, 1.82) is 0 Å². The molecule has 0 aliphatic rings. The molecule has 0 saturated heterocycles. The van der Waals surface area contributed by atoms with E-state index in [2.05, 4.69) is 56.4 Å². The lowest BCUT2D eigenvalue weighted by Crippen LogP contribution is -2.18. The lowest BCUT2D eigenvalue weighted by atomic mass is 10.1. The SMILES string of the molecule is Cc1cc(CNCC(C)C)ccc1Sc1ccc(Cl)cc1. The average molecular weight is 320 g/mol. The highest BCUT2D eigenvalue weighted by Crippen LogP contribution is 2.31. The third-order valence-electron chi connectivity index (χ3n) is 3.16. The molecule has 3 heteroatoms. The smallest absolute Gasteiger partial charge is 0.0406 e. The summed E-state index contributed by atoms with van der Waals surface area (Å²) in [5, 5.41) is 4.26. The fraction of sp³-hybridized carbons (Fsp3) is 0.333. The van der Waals surface area contributed by atoms with Gasteiger partial charge < -0.3 is 5.32 Å². The van der Waals surface area contributed by atoms with Gasteiger partial charge in [0.1, 0.15) is 0 Å². The summed E-state index contributed by atoms with van der Waals surface area (Å²) < 4.78 is 0. The minimum Gasteiger partial charge on any atom is -0.312 e. The van der Waals surface area contributed by atoms with Crippen molar-refractivity contribution in [3.05, 3.63) is 58.6 Å². The number of benzene rings is 2. The number of hydrogen-bond donors (Lipinski definition) is 1. The third kappa shape index (κ3) is 5.39. The minimum atomic E-state index is 0.686. The molecule has 0 aliphatic heterocycles. The van der Waals surface area contributed by atoms with E-state index in [1.54, 1.807) is 11.8 Å². The number of halogens is 1. The minimum absolute atomic E-state index is 0.686. The molecule has 0 heterocycles. The van der Waals surface area contributed by atoms with Crippen LogP contribution in [0.2, 0.25) is 5.02 Å². The van der Waals surface area contributed by atoms with Gasteiger partial charge in [-0.2, -0.15) is 0 Å². The Balaban J connectivity index is 2.00. The maximum Gasteiger partial charge on any atom is 0.0406 e. The van der Waals surface area contributed by atoms with E-state index >= 15 is 0 Å². The molecule has 0 aliphatic carbocycles. The van der Waals surface area contributed by atoms with E-state index in [4.69, 9.17) is 11.6 Å². The summed E-state index contributed by atoms with van der Waals surface area (Å²) in [5.74, 6) is 0.686. The van der Waals surface area contributed by atoms with Crippen molar-refractivity contribution in [1.82, 2.24) is 5.32 Å². The van der Waals surface area contributed by atoms with Gasteiger partial charge in [0.25, 0.3) is 0 Å². The summed E-state index contributed by atoms with van der Waals surface area (Å²) >= 11 is 7.70. The summed E-state index contributed by atoms with van der Waals surface area (Å²) in [6.45, 7) is 8.61. The van der Waals surface area contributed by atoms with E-state index in [9.17, 15) is 0 Å². The van der Waals surface area contributed by atoms with Gasteiger partial charge in [0.05, 0.1) is 0 Å². The molecule has 0 fully saturated rings. The Kier molecular flexibility index (Phi) is 6.16. The largest absolute Gasteiger partial charge is 0.312 e. The van der Waals surface area contributed by atoms with Gasteiger partial charge in [0, 0.05) is 21.4 Å². The van der Waals surface area contributed by atoms with E-state index in [1.807, 2.05) is 12.1 Å². The molecule has 0 bridgehead atoms. The van der Waals surface area contributed by atoms with Gasteiger partial charge in [-0.25, -0.2) is 0 Å². The third-order valence-corrected chi connectivity index (χ3v) is 4.60. The lowest BCUT2D eigenvalue weighted by molar-refractivity contribution is 0.552. The molecule has 0 unspecified atom stereocenters. The van der Waals surface area contributed by atoms with Crippen LogP contribution in [0.4, 0.5) is 0 Å². The monoisotopic (exact) mass is 319 g/mol. The molecular weight excluding hydrogens is 298 g/mol. The number of aryl methyl sites for hydroxylation is 1. The first kappa shape index (κ1) is 16.4. The van der Waals surface area contributed by atoms with Crippen molar-refractivity contribution in [3.8, 4) is 0 Å². The van der Waals surface area contributed by atoms with Crippen molar-refractivity contribution in [2.75, 3.05) is 6.54 Å². The Labute approximate surface area is 137 Å². The molecule has 2 rings (SSSR count). The van der Waals surface area contributed by atoms with Crippen LogP contribution < -0.4 is 5.32 Å². The van der Waals surface area contributed by atoms with E-state index in [0.29, 0.717) is 5.92 Å². The zero-order valence-corrected chi connectivity index (χ0v) is 14.4. The highest BCUT2D eigenvalue weighted by atomic mass is 35.5. The zero-order chi connectivity index (χ0) is 15.2. The van der Waals surface area contributed by atoms with Gasteiger partial charge in [0.15, 0.2) is 0 Å². The molecule has 2 aromatic rings. The predicted molar refractivity (Wildman–Crippen MR) is 93.3 cm³/mol. The summed E-state index contributed by atoms with van der Waals surface area (Å²) in [5.41, 5.74) is 2.66. The second kappa shape index (κ2) is 7.88. The maximum atomic E-state index is 5.92. The standard InChI is InChI=1S/C18H22ClNS/c1-13(2)11-20-12-15-4-9-18(14(3)10-15)21-17-7-5-16(19)6-8-17/h4-10,13,20H,11-12H2,1-3H3. The molecule has 0 amide bonds. The van der Waals surface area contributed by atoms with E-state index in [1.165, 1.54) is 20.9 Å². The second-order valence-corrected chi connectivity index (χ2v) is 7.23. The second-order valence-electron chi connectivity index (χ2n) is 5.68. The van der Waals surface area contributed by atoms with E-state index in [-0.39, 0.29) is 0 Å². The van der Waals surface area contributed by atoms with Crippen molar-refractivity contribution in [3.63, 3.8) is 0 Å². The first-order valence-corrected chi connectivity index (χ1v) is 8.47. The summed E-state index contributed by atoms with van der Waals surface area (Å²) in [6, 6.07) is 14.7. The zero-order valence-electron chi connectivity index (χ0n) is 12.8. The Bertz CT molecular complexity index is 578. The lowest BCUT2D eigenvalue weighted by Gasteiger charge is -2.10. The Morgan fingerprint density at radius 1 is 1.10 bits per heavy atom. The molecule has 0 saturated carbocycles. The number of hydrogen-bond acceptors (Lipinski definition) is 2. The topological polar surface area (TPSA) is 12.0 Å². The Morgan fingerprint density at radius 3 is 2.43 bits per heavy atom. The first-order chi connectivity index (χ1) is 10.0. The molecule has 0 spiro atoms. The molecule has 2 aromatic carbocycles. The van der Waals surface area contributed by atoms with Crippen LogP contribution in [0, 0.1) is 12.8 Å². The molecule has 0 radical (unpaired) electrons. The van der Waals surface area contributed by atoms with Crippen LogP contribution in [-0.4, -0.2) is 6.54 Å². The van der Waals surface area contributed by atoms with Crippen LogP contribution >= 0.6 is 23.4 Å². The predicted octanol–water partition coefficient (Wildman–Crippen LogP) is 5.55. The van der Waals surface area contributed by atoms with Crippen LogP contribution in [0.5, 0.6) is 0 Å². The molecule has 21 heavy (non-hydrogen) atoms. The summed E-state index contributed by atoms with van der Waals surface area (Å²) in [4.78, 5) is 2.51. The van der Waals surface area contributed by atoms with Gasteiger partial charge in [-0.15, -0.1) is 0 Å². The molecule has 0 aromatic heterocycles. The molecule has 0 atom stereocenters. The van der Waals surface area contributed by atoms with E-state index < -0.39 is 0 Å². The van der Waals surface area contributed by atoms with Gasteiger partial charge in [0.2, 0.25) is 0 Å². The normalized spacial score (nSPS) is 11.1. The van der Waals surface area contributed by atoms with Gasteiger partial charge in [-0.1, -0.05) is 49.3 Å². The van der Waals surface area contributed by atoms with Crippen molar-refractivity contribution in [2.45, 2.75) is 37.1 Å². The molecule has 1 nitrogen and oxygen atoms in total. The first-order valence-electron chi connectivity index (χ1n) is 7.28. The van der Waals surface area contributed by atoms with E-state index in [0.717, 1.165) is 18.1 Å². The number of rotatable bonds is 6. The fourth-order valence-electron chi connectivity index (χ4n) is 2.07. The molecule has 112 valence electrons. The highest BCUT2D eigenvalue weighted by Gasteiger charge is 2.03. The van der Waals surface area contributed by atoms with Crippen LogP contribution in [0.1, 0.15) is 25.0 Å². The fourth-order valence-corrected chi connectivity index (χ4v) is 3.08. The maximum absolute atomic E-state index is 5.92. The van der Waals surface area contributed by atoms with Gasteiger partial charge >= 0.3 is 0 Å². The van der Waals surface area contributed by atoms with Crippen LogP contribution in [0.3, 0.4) is 0 Å². The van der Waals surface area contributed by atoms with Crippen LogP contribution in [0.25, 0.3) is 0 Å². The molecular formula is C18H22ClNS. The summed E-state index contributed by atoms with van der Waals surface area (Å²) in [7, 11) is 0. The van der Waals surface area contributed by atoms with Gasteiger partial charge in [-0.3, -0.25) is 0 Å². The van der Waals surface area contributed by atoms with Crippen molar-refractivity contribution >= 4 is 23.4 Å². The quantitative estimate of drug-likeness (QED) is 0.749. The van der Waals surface area contributed by atoms with Gasteiger partial charge in [-0.05, 0) is 60.8 Å².